The number of thiophene rings is 1. The van der Waals surface area contributed by atoms with E-state index in [4.69, 9.17) is 16.3 Å². The van der Waals surface area contributed by atoms with Gasteiger partial charge in [0, 0.05) is 30.3 Å². The molecule has 1 unspecified atom stereocenters. The molecule has 1 aromatic heterocycles. The topological polar surface area (TPSA) is 61.9 Å². The lowest BCUT2D eigenvalue weighted by atomic mass is 10.2. The van der Waals surface area contributed by atoms with E-state index >= 15 is 0 Å². The van der Waals surface area contributed by atoms with Gasteiger partial charge >= 0.3 is 6.03 Å². The summed E-state index contributed by atoms with van der Waals surface area (Å²) in [6, 6.07) is 15.3. The van der Waals surface area contributed by atoms with Crippen LogP contribution in [0.5, 0.6) is 0 Å². The summed E-state index contributed by atoms with van der Waals surface area (Å²) in [6.45, 7) is 3.73. The Kier molecular flexibility index (Phi) is 8.96. The molecule has 0 aliphatic carbocycles. The minimum Gasteiger partial charge on any atom is -0.376 e. The molecule has 0 spiro atoms. The Labute approximate surface area is 219 Å². The Morgan fingerprint density at radius 2 is 1.94 bits per heavy atom. The number of hydrogen-bond donors (Lipinski definition) is 1. The third-order valence-corrected chi connectivity index (χ3v) is 7.40. The van der Waals surface area contributed by atoms with Crippen LogP contribution in [0, 0.1) is 12.7 Å². The number of ether oxygens (including phenoxy) is 1. The molecule has 9 heteroatoms. The Hall–Kier alpha value is -2.94. The largest absolute Gasteiger partial charge is 0.376 e. The van der Waals surface area contributed by atoms with Crippen LogP contribution in [0.25, 0.3) is 0 Å². The van der Waals surface area contributed by atoms with Gasteiger partial charge in [-0.1, -0.05) is 41.9 Å². The molecule has 2 heterocycles. The minimum atomic E-state index is -0.568. The molecule has 1 atom stereocenters. The zero-order valence-corrected chi connectivity index (χ0v) is 21.7. The molecule has 1 aliphatic rings. The molecule has 1 saturated heterocycles. The fourth-order valence-corrected chi connectivity index (χ4v) is 5.17. The monoisotopic (exact) mass is 529 g/mol. The van der Waals surface area contributed by atoms with Crippen molar-refractivity contribution in [1.82, 2.24) is 9.80 Å². The molecule has 0 radical (unpaired) electrons. The molecule has 36 heavy (non-hydrogen) atoms. The summed E-state index contributed by atoms with van der Waals surface area (Å²) in [4.78, 5) is 31.2. The van der Waals surface area contributed by atoms with E-state index in [-0.39, 0.29) is 30.1 Å². The maximum absolute atomic E-state index is 13.6. The number of benzene rings is 2. The van der Waals surface area contributed by atoms with Gasteiger partial charge in [-0.05, 0) is 60.5 Å². The van der Waals surface area contributed by atoms with Crippen LogP contribution < -0.4 is 5.32 Å². The fourth-order valence-electron chi connectivity index (χ4n) is 4.07. The van der Waals surface area contributed by atoms with Crippen LogP contribution in [0.15, 0.2) is 60.0 Å². The van der Waals surface area contributed by atoms with Gasteiger partial charge in [-0.15, -0.1) is 11.3 Å². The predicted molar refractivity (Wildman–Crippen MR) is 141 cm³/mol. The third-order valence-electron chi connectivity index (χ3n) is 6.10. The van der Waals surface area contributed by atoms with Gasteiger partial charge in [-0.25, -0.2) is 9.18 Å². The number of amides is 3. The second-order valence-electron chi connectivity index (χ2n) is 8.84. The number of aryl methyl sites for hydroxylation is 1. The first kappa shape index (κ1) is 26.1. The van der Waals surface area contributed by atoms with Gasteiger partial charge in [0.1, 0.15) is 12.4 Å². The Balaban J connectivity index is 1.52. The van der Waals surface area contributed by atoms with E-state index in [0.717, 1.165) is 28.8 Å². The van der Waals surface area contributed by atoms with Gasteiger partial charge in [-0.3, -0.25) is 4.79 Å². The number of carbonyl (C=O) groups excluding carboxylic acids is 2. The SMILES string of the molecule is Cc1ccsc1CN(Cc1ccccc1)C(=O)CN(CC1CCCO1)C(=O)Nc1ccc(F)c(Cl)c1. The van der Waals surface area contributed by atoms with Crippen molar-refractivity contribution in [1.29, 1.82) is 0 Å². The van der Waals surface area contributed by atoms with Crippen molar-refractivity contribution in [3.8, 4) is 0 Å². The minimum absolute atomic E-state index is 0.0880. The highest BCUT2D eigenvalue weighted by atomic mass is 35.5. The molecule has 0 bridgehead atoms. The van der Waals surface area contributed by atoms with Gasteiger partial charge < -0.3 is 19.9 Å². The molecular weight excluding hydrogens is 501 g/mol. The Bertz CT molecular complexity index is 1180. The van der Waals surface area contributed by atoms with Crippen molar-refractivity contribution >= 4 is 40.6 Å². The number of carbonyl (C=O) groups is 2. The number of rotatable bonds is 9. The van der Waals surface area contributed by atoms with Crippen molar-refractivity contribution in [2.75, 3.05) is 25.0 Å². The standard InChI is InChI=1S/C27H29ClFN3O3S/c1-19-11-13-36-25(19)17-31(15-20-6-3-2-4-7-20)26(33)18-32(16-22-8-5-12-35-22)27(34)30-21-9-10-24(29)23(28)14-21/h2-4,6-7,9-11,13-14,22H,5,8,12,15-18H2,1H3,(H,30,34). The van der Waals surface area contributed by atoms with Crippen molar-refractivity contribution in [2.45, 2.75) is 39.0 Å². The van der Waals surface area contributed by atoms with Crippen molar-refractivity contribution in [3.63, 3.8) is 0 Å². The Morgan fingerprint density at radius 3 is 2.61 bits per heavy atom. The maximum atomic E-state index is 13.6. The summed E-state index contributed by atoms with van der Waals surface area (Å²) in [6.07, 6.45) is 1.60. The predicted octanol–water partition coefficient (Wildman–Crippen LogP) is 6.09. The lowest BCUT2D eigenvalue weighted by Gasteiger charge is -2.29. The second-order valence-corrected chi connectivity index (χ2v) is 10.2. The summed E-state index contributed by atoms with van der Waals surface area (Å²) in [5.74, 6) is -0.738. The molecule has 2 aromatic carbocycles. The molecule has 4 rings (SSSR count). The number of nitrogens with zero attached hydrogens (tertiary/aromatic N) is 2. The van der Waals surface area contributed by atoms with Crippen LogP contribution in [0.1, 0.15) is 28.8 Å². The summed E-state index contributed by atoms with van der Waals surface area (Å²) in [7, 11) is 0. The van der Waals surface area contributed by atoms with Crippen LogP contribution in [0.2, 0.25) is 5.02 Å². The lowest BCUT2D eigenvalue weighted by Crippen LogP contribution is -2.46. The fraction of sp³-hybridized carbons (Fsp3) is 0.333. The average molecular weight is 530 g/mol. The number of anilines is 1. The van der Waals surface area contributed by atoms with Gasteiger partial charge in [-0.2, -0.15) is 0 Å². The first-order chi connectivity index (χ1) is 17.4. The van der Waals surface area contributed by atoms with E-state index in [2.05, 4.69) is 5.32 Å². The third kappa shape index (κ3) is 7.06. The zero-order valence-electron chi connectivity index (χ0n) is 20.1. The highest BCUT2D eigenvalue weighted by Crippen LogP contribution is 2.22. The van der Waals surface area contributed by atoms with Crippen LogP contribution in [-0.4, -0.2) is 47.5 Å². The second kappa shape index (κ2) is 12.3. The smallest absolute Gasteiger partial charge is 0.322 e. The van der Waals surface area contributed by atoms with Gasteiger partial charge in [0.05, 0.1) is 17.7 Å². The normalized spacial score (nSPS) is 15.0. The van der Waals surface area contributed by atoms with Crippen molar-refractivity contribution in [2.24, 2.45) is 0 Å². The van der Waals surface area contributed by atoms with E-state index in [1.807, 2.05) is 48.7 Å². The molecule has 190 valence electrons. The van der Waals surface area contributed by atoms with Crippen LogP contribution in [-0.2, 0) is 22.6 Å². The van der Waals surface area contributed by atoms with E-state index in [9.17, 15) is 14.0 Å². The zero-order chi connectivity index (χ0) is 25.5. The number of halogens is 2. The van der Waals surface area contributed by atoms with Gasteiger partial charge in [0.15, 0.2) is 0 Å². The number of urea groups is 1. The lowest BCUT2D eigenvalue weighted by molar-refractivity contribution is -0.133. The Morgan fingerprint density at radius 1 is 1.14 bits per heavy atom. The molecule has 0 saturated carbocycles. The van der Waals surface area contributed by atoms with Crippen molar-refractivity contribution in [3.05, 3.63) is 86.8 Å². The van der Waals surface area contributed by atoms with Crippen LogP contribution >= 0.6 is 22.9 Å². The maximum Gasteiger partial charge on any atom is 0.322 e. The van der Waals surface area contributed by atoms with E-state index in [0.29, 0.717) is 25.4 Å². The van der Waals surface area contributed by atoms with E-state index in [1.165, 1.54) is 23.1 Å². The number of nitrogens with one attached hydrogen (secondary N) is 1. The first-order valence-corrected chi connectivity index (χ1v) is 13.1. The van der Waals surface area contributed by atoms with Crippen LogP contribution in [0.3, 0.4) is 0 Å². The highest BCUT2D eigenvalue weighted by Gasteiger charge is 2.27. The highest BCUT2D eigenvalue weighted by molar-refractivity contribution is 7.10. The van der Waals surface area contributed by atoms with Gasteiger partial charge in [0.2, 0.25) is 5.91 Å². The summed E-state index contributed by atoms with van der Waals surface area (Å²) >= 11 is 7.49. The quantitative estimate of drug-likeness (QED) is 0.365. The molecule has 1 N–H and O–H groups in total. The van der Waals surface area contributed by atoms with E-state index in [1.54, 1.807) is 16.2 Å². The molecular formula is C27H29ClFN3O3S. The molecule has 1 fully saturated rings. The number of hydrogen-bond acceptors (Lipinski definition) is 4. The summed E-state index contributed by atoms with van der Waals surface area (Å²) in [5, 5.41) is 4.67. The molecule has 6 nitrogen and oxygen atoms in total. The first-order valence-electron chi connectivity index (χ1n) is 11.9. The molecule has 3 aromatic rings. The van der Waals surface area contributed by atoms with Crippen molar-refractivity contribution < 1.29 is 18.7 Å². The average Bonchev–Trinajstić information content (AvgIpc) is 3.53. The summed E-state index contributed by atoms with van der Waals surface area (Å²) in [5.41, 5.74) is 2.50. The summed E-state index contributed by atoms with van der Waals surface area (Å²) < 4.78 is 19.3. The van der Waals surface area contributed by atoms with Crippen LogP contribution in [0.4, 0.5) is 14.9 Å². The van der Waals surface area contributed by atoms with Gasteiger partial charge in [0.25, 0.3) is 0 Å². The van der Waals surface area contributed by atoms with E-state index < -0.39 is 11.8 Å². The molecule has 1 aliphatic heterocycles. The molecule has 3 amide bonds.